The Morgan fingerprint density at radius 1 is 1.25 bits per heavy atom. The van der Waals surface area contributed by atoms with Crippen LogP contribution in [0.15, 0.2) is 53.5 Å². The van der Waals surface area contributed by atoms with Gasteiger partial charge in [-0.25, -0.2) is 9.38 Å². The largest absolute Gasteiger partial charge is 0.481 e. The third kappa shape index (κ3) is 3.92. The van der Waals surface area contributed by atoms with Crippen molar-refractivity contribution in [3.63, 3.8) is 0 Å². The number of nitrogens with two attached hydrogens (primary N) is 1. The molecule has 0 aromatic heterocycles. The van der Waals surface area contributed by atoms with Crippen molar-refractivity contribution in [3.8, 4) is 5.75 Å². The van der Waals surface area contributed by atoms with Crippen LogP contribution in [0.1, 0.15) is 30.8 Å². The lowest BCUT2D eigenvalue weighted by Gasteiger charge is -2.22. The van der Waals surface area contributed by atoms with Crippen LogP contribution >= 0.6 is 0 Å². The highest BCUT2D eigenvalue weighted by Gasteiger charge is 2.20. The molecule has 1 heterocycles. The molecule has 0 bridgehead atoms. The predicted molar refractivity (Wildman–Crippen MR) is 94.4 cm³/mol. The molecule has 24 heavy (non-hydrogen) atoms. The van der Waals surface area contributed by atoms with Crippen molar-refractivity contribution >= 4 is 11.5 Å². The summed E-state index contributed by atoms with van der Waals surface area (Å²) in [6, 6.07) is 15.3. The van der Waals surface area contributed by atoms with Gasteiger partial charge in [-0.2, -0.15) is 0 Å². The van der Waals surface area contributed by atoms with E-state index in [2.05, 4.69) is 22.4 Å². The maximum Gasteiger partial charge on any atom is 0.177 e. The lowest BCUT2D eigenvalue weighted by Crippen LogP contribution is -2.33. The zero-order valence-electron chi connectivity index (χ0n) is 13.7. The molecule has 0 aliphatic carbocycles. The van der Waals surface area contributed by atoms with E-state index in [-0.39, 0.29) is 6.10 Å². The van der Waals surface area contributed by atoms with Crippen LogP contribution in [0.3, 0.4) is 0 Å². The Kier molecular flexibility index (Phi) is 5.11. The lowest BCUT2D eigenvalue weighted by atomic mass is 10.1. The maximum atomic E-state index is 14.4. The molecule has 1 aliphatic rings. The van der Waals surface area contributed by atoms with Crippen molar-refractivity contribution in [2.75, 3.05) is 6.54 Å². The molecule has 0 spiro atoms. The maximum absolute atomic E-state index is 14.4. The average Bonchev–Trinajstić information content (AvgIpc) is 2.60. The van der Waals surface area contributed by atoms with Gasteiger partial charge in [0.05, 0.1) is 0 Å². The third-order valence-corrected chi connectivity index (χ3v) is 4.05. The van der Waals surface area contributed by atoms with Crippen molar-refractivity contribution in [2.45, 2.75) is 32.2 Å². The number of halogens is 1. The monoisotopic (exact) mass is 327 g/mol. The van der Waals surface area contributed by atoms with Crippen molar-refractivity contribution in [1.29, 1.82) is 0 Å². The molecular weight excluding hydrogens is 305 g/mol. The van der Waals surface area contributed by atoms with Gasteiger partial charge in [0.1, 0.15) is 17.3 Å². The molecule has 0 saturated heterocycles. The summed E-state index contributed by atoms with van der Waals surface area (Å²) in [6.07, 6.45) is 0.320. The van der Waals surface area contributed by atoms with Gasteiger partial charge < -0.3 is 10.5 Å². The van der Waals surface area contributed by atoms with E-state index in [0.29, 0.717) is 29.4 Å². The fraction of sp³-hybridized carbons (Fsp3) is 0.316. The highest BCUT2D eigenvalue weighted by molar-refractivity contribution is 5.89. The molecule has 0 fully saturated rings. The van der Waals surface area contributed by atoms with E-state index < -0.39 is 6.30 Å². The normalized spacial score (nSPS) is 17.6. The van der Waals surface area contributed by atoms with E-state index in [1.54, 1.807) is 18.2 Å². The summed E-state index contributed by atoms with van der Waals surface area (Å²) in [5.41, 5.74) is 8.16. The van der Waals surface area contributed by atoms with Crippen LogP contribution in [-0.2, 0) is 6.42 Å². The highest BCUT2D eigenvalue weighted by atomic mass is 19.1. The number of fused-ring (bicyclic) bond motifs is 1. The van der Waals surface area contributed by atoms with Crippen molar-refractivity contribution in [2.24, 2.45) is 10.7 Å². The van der Waals surface area contributed by atoms with Gasteiger partial charge in [-0.1, -0.05) is 36.4 Å². The van der Waals surface area contributed by atoms with Crippen LogP contribution in [0.2, 0.25) is 0 Å². The van der Waals surface area contributed by atoms with Crippen molar-refractivity contribution < 1.29 is 9.13 Å². The summed E-state index contributed by atoms with van der Waals surface area (Å²) < 4.78 is 20.0. The van der Waals surface area contributed by atoms with E-state index in [9.17, 15) is 4.39 Å². The van der Waals surface area contributed by atoms with Gasteiger partial charge in [-0.3, -0.25) is 5.32 Å². The number of amidine groups is 1. The molecule has 0 amide bonds. The zero-order valence-corrected chi connectivity index (χ0v) is 13.7. The van der Waals surface area contributed by atoms with E-state index in [0.717, 1.165) is 12.8 Å². The van der Waals surface area contributed by atoms with Gasteiger partial charge in [0.2, 0.25) is 0 Å². The molecule has 1 aliphatic heterocycles. The minimum absolute atomic E-state index is 0.249. The molecule has 3 rings (SSSR count). The Balaban J connectivity index is 1.54. The summed E-state index contributed by atoms with van der Waals surface area (Å²) >= 11 is 0. The van der Waals surface area contributed by atoms with Crippen molar-refractivity contribution in [1.82, 2.24) is 5.32 Å². The lowest BCUT2D eigenvalue weighted by molar-refractivity contribution is 0.274. The molecule has 0 saturated carbocycles. The Morgan fingerprint density at radius 2 is 2.04 bits per heavy atom. The Hall–Kier alpha value is -2.40. The minimum Gasteiger partial charge on any atom is -0.481 e. The second-order valence-corrected chi connectivity index (χ2v) is 5.93. The summed E-state index contributed by atoms with van der Waals surface area (Å²) in [4.78, 5) is 4.28. The molecule has 1 unspecified atom stereocenters. The van der Waals surface area contributed by atoms with E-state index in [4.69, 9.17) is 10.5 Å². The number of nitrogens with zero attached hydrogens (tertiary/aromatic N) is 1. The summed E-state index contributed by atoms with van der Waals surface area (Å²) in [5.74, 6) is 1.04. The number of aryl methyl sites for hydroxylation is 1. The van der Waals surface area contributed by atoms with Gasteiger partial charge in [0.15, 0.2) is 12.4 Å². The predicted octanol–water partition coefficient (Wildman–Crippen LogP) is 3.65. The molecule has 126 valence electrons. The Morgan fingerprint density at radius 3 is 2.83 bits per heavy atom. The first-order valence-corrected chi connectivity index (χ1v) is 8.19. The number of alkyl halides is 1. The SMILES string of the molecule is C[C@@H]1Oc2ccc(C(F)NCCCc3ccccc3)cc2N=C1N. The molecule has 3 N–H and O–H groups in total. The number of benzene rings is 2. The molecule has 2 aromatic rings. The standard InChI is InChI=1S/C19H22FN3O/c1-13-19(21)23-16-12-15(9-10-17(16)24-13)18(20)22-11-5-8-14-6-3-2-4-7-14/h2-4,6-7,9-10,12-13,18,22H,5,8,11H2,1H3,(H2,21,23)/t13-,18?/m0/s1. The molecule has 5 heteroatoms. The molecule has 2 aromatic carbocycles. The van der Waals surface area contributed by atoms with Crippen LogP contribution in [0.5, 0.6) is 5.75 Å². The van der Waals surface area contributed by atoms with Crippen LogP contribution in [-0.4, -0.2) is 18.5 Å². The first-order valence-electron chi connectivity index (χ1n) is 8.19. The Labute approximate surface area is 141 Å². The van der Waals surface area contributed by atoms with E-state index in [1.165, 1.54) is 5.56 Å². The first-order chi connectivity index (χ1) is 11.6. The number of rotatable bonds is 6. The van der Waals surface area contributed by atoms with Gasteiger partial charge in [-0.15, -0.1) is 0 Å². The van der Waals surface area contributed by atoms with Gasteiger partial charge in [0.25, 0.3) is 0 Å². The molecule has 4 nitrogen and oxygen atoms in total. The number of aliphatic imine (C=N–C) groups is 1. The van der Waals surface area contributed by atoms with Gasteiger partial charge >= 0.3 is 0 Å². The Bertz CT molecular complexity index is 718. The number of hydrogen-bond donors (Lipinski definition) is 2. The fourth-order valence-corrected chi connectivity index (χ4v) is 2.64. The van der Waals surface area contributed by atoms with Crippen molar-refractivity contribution in [3.05, 3.63) is 59.7 Å². The van der Waals surface area contributed by atoms with Crippen LogP contribution in [0.4, 0.5) is 10.1 Å². The van der Waals surface area contributed by atoms with Crippen LogP contribution < -0.4 is 15.8 Å². The second-order valence-electron chi connectivity index (χ2n) is 5.93. The van der Waals surface area contributed by atoms with E-state index >= 15 is 0 Å². The highest BCUT2D eigenvalue weighted by Crippen LogP contribution is 2.34. The quantitative estimate of drug-likeness (QED) is 0.629. The second kappa shape index (κ2) is 7.45. The zero-order chi connectivity index (χ0) is 16.9. The number of ether oxygens (including phenoxy) is 1. The minimum atomic E-state index is -1.23. The fourth-order valence-electron chi connectivity index (χ4n) is 2.64. The number of hydrogen-bond acceptors (Lipinski definition) is 4. The number of nitrogens with one attached hydrogen (secondary N) is 1. The van der Waals surface area contributed by atoms with Gasteiger partial charge in [-0.05, 0) is 44.0 Å². The first kappa shape index (κ1) is 16.5. The van der Waals surface area contributed by atoms with Gasteiger partial charge in [0, 0.05) is 5.56 Å². The molecular formula is C19H22FN3O. The summed E-state index contributed by atoms with van der Waals surface area (Å²) in [6.45, 7) is 2.44. The molecule has 0 radical (unpaired) electrons. The average molecular weight is 327 g/mol. The van der Waals surface area contributed by atoms with E-state index in [1.807, 2.05) is 25.1 Å². The topological polar surface area (TPSA) is 59.6 Å². The molecule has 2 atom stereocenters. The summed E-state index contributed by atoms with van der Waals surface area (Å²) in [5, 5.41) is 2.91. The summed E-state index contributed by atoms with van der Waals surface area (Å²) in [7, 11) is 0. The van der Waals surface area contributed by atoms with Crippen LogP contribution in [0.25, 0.3) is 0 Å². The third-order valence-electron chi connectivity index (χ3n) is 4.05. The van der Waals surface area contributed by atoms with Crippen LogP contribution in [0, 0.1) is 0 Å². The smallest absolute Gasteiger partial charge is 0.177 e.